The van der Waals surface area contributed by atoms with Crippen molar-refractivity contribution in [3.05, 3.63) is 34.2 Å². The lowest BCUT2D eigenvalue weighted by Crippen LogP contribution is -2.54. The van der Waals surface area contributed by atoms with Gasteiger partial charge in [0, 0.05) is 23.7 Å². The van der Waals surface area contributed by atoms with E-state index in [0.29, 0.717) is 18.4 Å². The lowest BCUT2D eigenvalue weighted by Gasteiger charge is -2.38. The number of aryl methyl sites for hydroxylation is 1. The van der Waals surface area contributed by atoms with Crippen LogP contribution in [0.2, 0.25) is 0 Å². The van der Waals surface area contributed by atoms with Crippen LogP contribution in [0.3, 0.4) is 0 Å². The largest absolute Gasteiger partial charge is 0.481 e. The molecule has 140 valence electrons. The fourth-order valence-corrected chi connectivity index (χ4v) is 4.20. The molecule has 0 spiro atoms. The van der Waals surface area contributed by atoms with E-state index in [0.717, 1.165) is 37.0 Å². The first-order valence-electron chi connectivity index (χ1n) is 9.16. The molecule has 0 aliphatic heterocycles. The highest BCUT2D eigenvalue weighted by molar-refractivity contribution is 7.14. The second-order valence-electron chi connectivity index (χ2n) is 6.69. The number of carbonyl (C=O) groups excluding carboxylic acids is 1. The fraction of sp³-hybridized carbons (Fsp3) is 0.526. The van der Waals surface area contributed by atoms with Crippen LogP contribution >= 0.6 is 11.3 Å². The zero-order chi connectivity index (χ0) is 18.4. The van der Waals surface area contributed by atoms with E-state index < -0.39 is 0 Å². The Hall–Kier alpha value is -2.15. The molecule has 0 radical (unpaired) electrons. The zero-order valence-corrected chi connectivity index (χ0v) is 16.2. The van der Waals surface area contributed by atoms with Crippen molar-refractivity contribution in [1.82, 2.24) is 15.3 Å². The number of hydrogen-bond acceptors (Lipinski definition) is 6. The Morgan fingerprint density at radius 3 is 2.77 bits per heavy atom. The average molecular weight is 375 g/mol. The molecule has 0 aromatic carbocycles. The van der Waals surface area contributed by atoms with Crippen molar-refractivity contribution in [1.29, 1.82) is 0 Å². The molecule has 7 heteroatoms. The Labute approximate surface area is 158 Å². The first-order chi connectivity index (χ1) is 12.6. The van der Waals surface area contributed by atoms with Gasteiger partial charge in [-0.05, 0) is 31.4 Å². The normalized spacial score (nSPS) is 16.1. The van der Waals surface area contributed by atoms with Gasteiger partial charge in [0.05, 0.1) is 17.5 Å². The SMILES string of the molecule is CCc1ccc(C(=O)NC2(CNc3nccc(OC)n3)CCCCC2)s1. The number of aromatic nitrogens is 2. The lowest BCUT2D eigenvalue weighted by atomic mass is 9.81. The molecular weight excluding hydrogens is 348 g/mol. The minimum Gasteiger partial charge on any atom is -0.481 e. The molecule has 2 N–H and O–H groups in total. The first-order valence-corrected chi connectivity index (χ1v) is 9.98. The van der Waals surface area contributed by atoms with E-state index in [2.05, 4.69) is 27.5 Å². The van der Waals surface area contributed by atoms with E-state index in [1.165, 1.54) is 11.3 Å². The molecule has 1 aliphatic rings. The second kappa shape index (κ2) is 8.49. The molecule has 3 rings (SSSR count). The molecule has 1 aliphatic carbocycles. The van der Waals surface area contributed by atoms with Gasteiger partial charge in [0.2, 0.25) is 11.8 Å². The van der Waals surface area contributed by atoms with E-state index in [-0.39, 0.29) is 11.4 Å². The molecule has 1 saturated carbocycles. The van der Waals surface area contributed by atoms with Crippen LogP contribution in [0.5, 0.6) is 5.88 Å². The number of anilines is 1. The van der Waals surface area contributed by atoms with Crippen LogP contribution in [0.4, 0.5) is 5.95 Å². The molecule has 1 amide bonds. The molecule has 1 fully saturated rings. The Kier molecular flexibility index (Phi) is 6.08. The van der Waals surface area contributed by atoms with Crippen molar-refractivity contribution >= 4 is 23.2 Å². The van der Waals surface area contributed by atoms with Crippen molar-refractivity contribution in [2.24, 2.45) is 0 Å². The highest BCUT2D eigenvalue weighted by Crippen LogP contribution is 2.29. The molecule has 0 atom stereocenters. The Balaban J connectivity index is 1.70. The quantitative estimate of drug-likeness (QED) is 0.774. The monoisotopic (exact) mass is 374 g/mol. The van der Waals surface area contributed by atoms with E-state index in [4.69, 9.17) is 4.74 Å². The van der Waals surface area contributed by atoms with E-state index >= 15 is 0 Å². The van der Waals surface area contributed by atoms with Gasteiger partial charge in [-0.25, -0.2) is 4.98 Å². The van der Waals surface area contributed by atoms with Gasteiger partial charge < -0.3 is 15.4 Å². The fourth-order valence-electron chi connectivity index (χ4n) is 3.36. The summed E-state index contributed by atoms with van der Waals surface area (Å²) in [4.78, 5) is 23.3. The van der Waals surface area contributed by atoms with Crippen molar-refractivity contribution < 1.29 is 9.53 Å². The highest BCUT2D eigenvalue weighted by Gasteiger charge is 2.34. The van der Waals surface area contributed by atoms with Gasteiger partial charge in [-0.2, -0.15) is 4.98 Å². The van der Waals surface area contributed by atoms with Crippen molar-refractivity contribution in [3.8, 4) is 5.88 Å². The number of ether oxygens (including phenoxy) is 1. The highest BCUT2D eigenvalue weighted by atomic mass is 32.1. The minimum atomic E-state index is -0.266. The Morgan fingerprint density at radius 2 is 2.08 bits per heavy atom. The van der Waals surface area contributed by atoms with Gasteiger partial charge in [-0.1, -0.05) is 26.2 Å². The lowest BCUT2D eigenvalue weighted by molar-refractivity contribution is 0.0882. The topological polar surface area (TPSA) is 76.1 Å². The number of amides is 1. The first kappa shape index (κ1) is 18.6. The van der Waals surface area contributed by atoms with Crippen LogP contribution in [-0.2, 0) is 6.42 Å². The number of carbonyl (C=O) groups is 1. The molecule has 26 heavy (non-hydrogen) atoms. The molecule has 2 aromatic rings. The number of thiophene rings is 1. The van der Waals surface area contributed by atoms with Crippen molar-refractivity contribution in [2.45, 2.75) is 51.0 Å². The van der Waals surface area contributed by atoms with Crippen molar-refractivity contribution in [2.75, 3.05) is 19.0 Å². The summed E-state index contributed by atoms with van der Waals surface area (Å²) in [6.45, 7) is 2.71. The van der Waals surface area contributed by atoms with Gasteiger partial charge in [0.25, 0.3) is 5.91 Å². The van der Waals surface area contributed by atoms with Crippen LogP contribution in [0.15, 0.2) is 24.4 Å². The molecule has 0 saturated heterocycles. The Bertz CT molecular complexity index is 741. The maximum absolute atomic E-state index is 12.8. The summed E-state index contributed by atoms with van der Waals surface area (Å²) in [6, 6.07) is 5.68. The van der Waals surface area contributed by atoms with E-state index in [1.807, 2.05) is 12.1 Å². The predicted octanol–water partition coefficient (Wildman–Crippen LogP) is 3.65. The third kappa shape index (κ3) is 4.52. The maximum Gasteiger partial charge on any atom is 0.261 e. The zero-order valence-electron chi connectivity index (χ0n) is 15.4. The van der Waals surface area contributed by atoms with E-state index in [1.54, 1.807) is 30.7 Å². The number of nitrogens with zero attached hydrogens (tertiary/aromatic N) is 2. The summed E-state index contributed by atoms with van der Waals surface area (Å²) in [5.74, 6) is 1.06. The summed E-state index contributed by atoms with van der Waals surface area (Å²) in [5.41, 5.74) is -0.266. The van der Waals surface area contributed by atoms with Crippen LogP contribution in [0.25, 0.3) is 0 Å². The number of nitrogens with one attached hydrogen (secondary N) is 2. The van der Waals surface area contributed by atoms with Crippen LogP contribution in [0.1, 0.15) is 53.6 Å². The molecule has 2 heterocycles. The summed E-state index contributed by atoms with van der Waals surface area (Å²) in [7, 11) is 1.58. The van der Waals surface area contributed by atoms with Crippen molar-refractivity contribution in [3.63, 3.8) is 0 Å². The van der Waals surface area contributed by atoms with Gasteiger partial charge in [-0.15, -0.1) is 11.3 Å². The number of methoxy groups -OCH3 is 1. The summed E-state index contributed by atoms with van der Waals surface area (Å²) < 4.78 is 5.15. The number of hydrogen-bond donors (Lipinski definition) is 2. The summed E-state index contributed by atoms with van der Waals surface area (Å²) in [5, 5.41) is 6.60. The van der Waals surface area contributed by atoms with Gasteiger partial charge in [-0.3, -0.25) is 4.79 Å². The summed E-state index contributed by atoms with van der Waals surface area (Å²) in [6.07, 6.45) is 7.99. The molecule has 6 nitrogen and oxygen atoms in total. The van der Waals surface area contributed by atoms with Gasteiger partial charge >= 0.3 is 0 Å². The third-order valence-electron chi connectivity index (χ3n) is 4.85. The van der Waals surface area contributed by atoms with E-state index in [9.17, 15) is 4.79 Å². The maximum atomic E-state index is 12.8. The standard InChI is InChI=1S/C19H26N4O2S/c1-3-14-7-8-15(26-14)17(24)23-19(10-5-4-6-11-19)13-21-18-20-12-9-16(22-18)25-2/h7-9,12H,3-6,10-11,13H2,1-2H3,(H,23,24)(H,20,21,22). The molecule has 0 unspecified atom stereocenters. The van der Waals surface area contributed by atoms with Gasteiger partial charge in [0.1, 0.15) is 0 Å². The molecule has 2 aromatic heterocycles. The number of rotatable bonds is 7. The Morgan fingerprint density at radius 1 is 1.27 bits per heavy atom. The smallest absolute Gasteiger partial charge is 0.261 e. The third-order valence-corrected chi connectivity index (χ3v) is 6.08. The average Bonchev–Trinajstić information content (AvgIpc) is 3.17. The predicted molar refractivity (Wildman–Crippen MR) is 104 cm³/mol. The second-order valence-corrected chi connectivity index (χ2v) is 7.86. The molecule has 0 bridgehead atoms. The van der Waals surface area contributed by atoms with Crippen LogP contribution in [-0.4, -0.2) is 35.1 Å². The van der Waals surface area contributed by atoms with Crippen LogP contribution in [0, 0.1) is 0 Å². The van der Waals surface area contributed by atoms with Crippen LogP contribution < -0.4 is 15.4 Å². The molecular formula is C19H26N4O2S. The minimum absolute atomic E-state index is 0.0185. The summed E-state index contributed by atoms with van der Waals surface area (Å²) >= 11 is 1.57. The van der Waals surface area contributed by atoms with Gasteiger partial charge in [0.15, 0.2) is 0 Å².